The molecule has 0 aromatic heterocycles. The number of anilines is 1. The van der Waals surface area contributed by atoms with Crippen LogP contribution in [-0.4, -0.2) is 81.3 Å². The lowest BCUT2D eigenvalue weighted by atomic mass is 9.89. The summed E-state index contributed by atoms with van der Waals surface area (Å²) in [6.45, 7) is -0.352. The highest BCUT2D eigenvalue weighted by atomic mass is 32.2. The molecule has 1 amide bonds. The van der Waals surface area contributed by atoms with Gasteiger partial charge >= 0.3 is 11.9 Å². The van der Waals surface area contributed by atoms with Crippen LogP contribution in [0.4, 0.5) is 5.69 Å². The second-order valence-electron chi connectivity index (χ2n) is 11.2. The Kier molecular flexibility index (Phi) is 11.5. The number of aliphatic carboxylic acids is 1. The molecule has 18 nitrogen and oxygen atoms in total. The lowest BCUT2D eigenvalue weighted by Crippen LogP contribution is -2.27. The smallest absolute Gasteiger partial charge is 0.336 e. The van der Waals surface area contributed by atoms with Crippen LogP contribution in [0.25, 0.3) is 33.4 Å². The van der Waals surface area contributed by atoms with E-state index in [1.807, 2.05) is 0 Å². The molecule has 0 unspecified atom stereocenters. The van der Waals surface area contributed by atoms with Crippen LogP contribution in [0.1, 0.15) is 52.8 Å². The van der Waals surface area contributed by atoms with E-state index in [1.54, 1.807) is 0 Å². The number of nitrogens with two attached hydrogens (primary N) is 1. The third kappa shape index (κ3) is 9.06. The van der Waals surface area contributed by atoms with Crippen LogP contribution in [0.5, 0.6) is 0 Å². The molecule has 2 aliphatic rings. The molecule has 2 aromatic rings. The van der Waals surface area contributed by atoms with E-state index in [0.717, 1.165) is 18.2 Å². The minimum atomic E-state index is -5.24. The van der Waals surface area contributed by atoms with Crippen LogP contribution in [-0.2, 0) is 35.1 Å². The van der Waals surface area contributed by atoms with Gasteiger partial charge in [-0.05, 0) is 61.2 Å². The zero-order valence-corrected chi connectivity index (χ0v) is 28.8. The van der Waals surface area contributed by atoms with Crippen molar-refractivity contribution in [2.45, 2.75) is 41.9 Å². The Bertz CT molecular complexity index is 2410. The average Bonchev–Trinajstić information content (AvgIpc) is 3.01. The van der Waals surface area contributed by atoms with E-state index in [-0.39, 0.29) is 47.0 Å². The van der Waals surface area contributed by atoms with Gasteiger partial charge in [-0.25, -0.2) is 17.9 Å². The molecular formula is C30H32N4O14S3. The Balaban J connectivity index is 1.94. The first-order chi connectivity index (χ1) is 23.7. The van der Waals surface area contributed by atoms with E-state index in [0.29, 0.717) is 19.3 Å². The zero-order valence-electron chi connectivity index (χ0n) is 26.4. The van der Waals surface area contributed by atoms with Crippen molar-refractivity contribution in [3.8, 4) is 22.5 Å². The molecule has 1 heterocycles. The fourth-order valence-electron chi connectivity index (χ4n) is 5.30. The fraction of sp³-hybridized carbons (Fsp3) is 0.267. The first-order valence-corrected chi connectivity index (χ1v) is 19.4. The van der Waals surface area contributed by atoms with E-state index in [9.17, 15) is 49.3 Å². The van der Waals surface area contributed by atoms with Gasteiger partial charge in [-0.3, -0.25) is 24.1 Å². The Morgan fingerprint density at radius 2 is 1.51 bits per heavy atom. The lowest BCUT2D eigenvalue weighted by Gasteiger charge is -2.21. The predicted molar refractivity (Wildman–Crippen MR) is 180 cm³/mol. The minimum absolute atomic E-state index is 0.0318. The van der Waals surface area contributed by atoms with Crippen molar-refractivity contribution in [2.75, 3.05) is 24.6 Å². The molecule has 0 fully saturated rings. The number of benzene rings is 3. The molecule has 4 rings (SSSR count). The largest absolute Gasteiger partial charge is 0.481 e. The molecule has 0 spiro atoms. The molecule has 1 aliphatic carbocycles. The first kappa shape index (κ1) is 38.9. The number of rotatable bonds is 16. The topological polar surface area (TPSA) is 322 Å². The summed E-state index contributed by atoms with van der Waals surface area (Å²) < 4.78 is 101. The standard InChI is InChI=1S/C30H32N4O14S3/c31-21-10-8-18-24(17-7-6-16(15-20(17)30(38)39)29(37)33-12-3-1-2-5-23(35)36)19-9-11-22(32)28(51(45,46)47)26(19)48-25(18)27(21)50(43,44)34-13-4-14-49(40,41)42/h6-11,15,32,34H,1-5,12-14,31H2,(H,33,37)(H,35,36)(H,38,39)(H,40,41,42)(H,45,46,47). The van der Waals surface area contributed by atoms with Gasteiger partial charge in [0.2, 0.25) is 10.0 Å². The molecule has 51 heavy (non-hydrogen) atoms. The number of unbranched alkanes of at least 4 members (excludes halogenated alkanes) is 2. The van der Waals surface area contributed by atoms with Crippen LogP contribution in [0, 0.1) is 5.41 Å². The summed E-state index contributed by atoms with van der Waals surface area (Å²) in [5.41, 5.74) is 3.92. The maximum absolute atomic E-state index is 13.6. The number of nitrogens with one attached hydrogen (secondary N) is 3. The second-order valence-corrected chi connectivity index (χ2v) is 15.8. The number of aromatic carboxylic acids is 1. The Morgan fingerprint density at radius 1 is 0.824 bits per heavy atom. The third-order valence-corrected chi connectivity index (χ3v) is 10.8. The molecule has 21 heteroatoms. The summed E-state index contributed by atoms with van der Waals surface area (Å²) >= 11 is 0. The van der Waals surface area contributed by atoms with Crippen LogP contribution in [0.3, 0.4) is 0 Å². The van der Waals surface area contributed by atoms with Gasteiger partial charge in [0.25, 0.3) is 26.1 Å². The number of amides is 1. The van der Waals surface area contributed by atoms with Crippen molar-refractivity contribution in [3.05, 3.63) is 58.9 Å². The molecule has 0 atom stereocenters. The van der Waals surface area contributed by atoms with Crippen molar-refractivity contribution >= 4 is 64.8 Å². The number of carbonyl (C=O) groups excluding carboxylic acids is 1. The maximum Gasteiger partial charge on any atom is 0.336 e. The highest BCUT2D eigenvalue weighted by Gasteiger charge is 2.32. The average molecular weight is 769 g/mol. The molecule has 2 aromatic carbocycles. The van der Waals surface area contributed by atoms with Crippen molar-refractivity contribution in [1.29, 1.82) is 5.41 Å². The molecule has 0 bridgehead atoms. The fourth-order valence-corrected chi connectivity index (χ4v) is 7.88. The van der Waals surface area contributed by atoms with Gasteiger partial charge < -0.3 is 25.7 Å². The summed E-state index contributed by atoms with van der Waals surface area (Å²) in [4.78, 5) is 34.4. The van der Waals surface area contributed by atoms with Gasteiger partial charge in [-0.2, -0.15) is 16.8 Å². The number of hydrogen-bond donors (Lipinski definition) is 8. The molecule has 0 saturated carbocycles. The van der Waals surface area contributed by atoms with Crippen molar-refractivity contribution in [1.82, 2.24) is 10.0 Å². The molecular weight excluding hydrogens is 737 g/mol. The lowest BCUT2D eigenvalue weighted by molar-refractivity contribution is -0.137. The summed E-state index contributed by atoms with van der Waals surface area (Å²) in [5, 5.41) is 28.9. The summed E-state index contributed by atoms with van der Waals surface area (Å²) in [6.07, 6.45) is 0.963. The molecule has 274 valence electrons. The quantitative estimate of drug-likeness (QED) is 0.0350. The summed E-state index contributed by atoms with van der Waals surface area (Å²) in [7, 11) is -14.4. The second kappa shape index (κ2) is 15.1. The summed E-state index contributed by atoms with van der Waals surface area (Å²) in [6, 6.07) is 8.10. The summed E-state index contributed by atoms with van der Waals surface area (Å²) in [5.74, 6) is -4.68. The number of fused-ring (bicyclic) bond motifs is 2. The Morgan fingerprint density at radius 3 is 2.14 bits per heavy atom. The third-order valence-electron chi connectivity index (χ3n) is 7.53. The number of sulfonamides is 1. The van der Waals surface area contributed by atoms with E-state index in [1.165, 1.54) is 24.3 Å². The number of nitrogen functional groups attached to an aromatic ring is 1. The monoisotopic (exact) mass is 768 g/mol. The van der Waals surface area contributed by atoms with Crippen LogP contribution in [0.15, 0.2) is 56.7 Å². The zero-order chi connectivity index (χ0) is 37.9. The number of carboxylic acids is 2. The Labute approximate surface area is 290 Å². The molecule has 1 aliphatic heterocycles. The van der Waals surface area contributed by atoms with E-state index in [4.69, 9.17) is 25.2 Å². The molecule has 0 saturated heterocycles. The van der Waals surface area contributed by atoms with Crippen LogP contribution >= 0.6 is 0 Å². The highest BCUT2D eigenvalue weighted by Crippen LogP contribution is 2.45. The number of hydrogen-bond acceptors (Lipinski definition) is 12. The highest BCUT2D eigenvalue weighted by molar-refractivity contribution is 7.90. The van der Waals surface area contributed by atoms with Crippen molar-refractivity contribution < 1.29 is 63.4 Å². The Hall–Kier alpha value is -4.93. The van der Waals surface area contributed by atoms with Crippen molar-refractivity contribution in [3.63, 3.8) is 0 Å². The van der Waals surface area contributed by atoms with Gasteiger partial charge in [0.1, 0.15) is 4.90 Å². The van der Waals surface area contributed by atoms with E-state index < -0.39 is 98.1 Å². The molecule has 9 N–H and O–H groups in total. The van der Waals surface area contributed by atoms with E-state index in [2.05, 4.69) is 10.0 Å². The van der Waals surface area contributed by atoms with Crippen LogP contribution in [0.2, 0.25) is 0 Å². The normalized spacial score (nSPS) is 12.3. The first-order valence-electron chi connectivity index (χ1n) is 14.9. The van der Waals surface area contributed by atoms with Gasteiger partial charge in [0, 0.05) is 41.6 Å². The predicted octanol–water partition coefficient (Wildman–Crippen LogP) is 2.14. The van der Waals surface area contributed by atoms with Crippen LogP contribution < -0.4 is 21.1 Å². The molecule has 0 radical (unpaired) electrons. The van der Waals surface area contributed by atoms with Gasteiger partial charge in [-0.15, -0.1) is 0 Å². The van der Waals surface area contributed by atoms with Gasteiger partial charge in [0.15, 0.2) is 16.2 Å². The van der Waals surface area contributed by atoms with Gasteiger partial charge in [-0.1, -0.05) is 12.5 Å². The maximum atomic E-state index is 13.6. The number of carboxylic acid groups (broad SMARTS) is 2. The van der Waals surface area contributed by atoms with Gasteiger partial charge in [0.05, 0.1) is 22.4 Å². The van der Waals surface area contributed by atoms with Crippen molar-refractivity contribution in [2.24, 2.45) is 0 Å². The van der Waals surface area contributed by atoms with E-state index >= 15 is 0 Å². The minimum Gasteiger partial charge on any atom is -0.481 e. The number of carbonyl (C=O) groups is 3. The SMILES string of the molecule is N=c1ccc2c(-c3ccc(C(=O)NCCCCCC(=O)O)cc3C(=O)O)c3ccc(N)c(S(=O)(=O)NCCCS(=O)(=O)O)c3oc-2c1S(=O)(=O)O.